The number of benzene rings is 2. The normalized spacial score (nSPS) is 15.1. The maximum absolute atomic E-state index is 12.4. The van der Waals surface area contributed by atoms with Gasteiger partial charge in [-0.15, -0.1) is 0 Å². The number of rotatable bonds is 7. The smallest absolute Gasteiger partial charge is 0.412 e. The van der Waals surface area contributed by atoms with Crippen molar-refractivity contribution in [3.05, 3.63) is 71.4 Å². The second-order valence-corrected chi connectivity index (χ2v) is 7.34. The molecule has 3 aromatic rings. The van der Waals surface area contributed by atoms with Crippen molar-refractivity contribution < 1.29 is 23.6 Å². The van der Waals surface area contributed by atoms with Gasteiger partial charge in [0.25, 0.3) is 6.47 Å². The molecule has 1 saturated carbocycles. The van der Waals surface area contributed by atoms with Crippen LogP contribution in [0.25, 0.3) is 11.3 Å². The summed E-state index contributed by atoms with van der Waals surface area (Å²) >= 11 is 0. The van der Waals surface area contributed by atoms with Crippen LogP contribution in [0.15, 0.2) is 59.1 Å². The monoisotopic (exact) mass is 406 g/mol. The molecule has 1 fully saturated rings. The Morgan fingerprint density at radius 2 is 1.87 bits per heavy atom. The maximum atomic E-state index is 12.4. The molecule has 1 aliphatic rings. The molecule has 30 heavy (non-hydrogen) atoms. The van der Waals surface area contributed by atoms with Gasteiger partial charge in [0, 0.05) is 5.56 Å². The molecule has 1 N–H and O–H groups in total. The van der Waals surface area contributed by atoms with Crippen molar-refractivity contribution in [1.82, 2.24) is 5.16 Å². The average Bonchev–Trinajstić information content (AvgIpc) is 3.46. The van der Waals surface area contributed by atoms with Crippen molar-refractivity contribution in [2.24, 2.45) is 0 Å². The topological polar surface area (TPSA) is 90.7 Å². The third-order valence-corrected chi connectivity index (χ3v) is 5.29. The van der Waals surface area contributed by atoms with Crippen LogP contribution in [0.2, 0.25) is 0 Å². The van der Waals surface area contributed by atoms with Gasteiger partial charge >= 0.3 is 6.09 Å². The summed E-state index contributed by atoms with van der Waals surface area (Å²) in [6.07, 6.45) is 0.628. The van der Waals surface area contributed by atoms with Gasteiger partial charge in [-0.2, -0.15) is 0 Å². The minimum Gasteiger partial charge on any atom is -0.456 e. The van der Waals surface area contributed by atoms with Gasteiger partial charge in [0.15, 0.2) is 5.76 Å². The van der Waals surface area contributed by atoms with Gasteiger partial charge in [-0.05, 0) is 37.8 Å². The number of anilines is 1. The summed E-state index contributed by atoms with van der Waals surface area (Å²) in [7, 11) is 0. The van der Waals surface area contributed by atoms with E-state index in [0.717, 1.165) is 29.5 Å². The fraction of sp³-hybridized carbons (Fsp3) is 0.261. The Morgan fingerprint density at radius 1 is 1.17 bits per heavy atom. The highest BCUT2D eigenvalue weighted by molar-refractivity contribution is 5.90. The van der Waals surface area contributed by atoms with Gasteiger partial charge in [0.2, 0.25) is 0 Å². The third kappa shape index (κ3) is 3.91. The van der Waals surface area contributed by atoms with Crippen molar-refractivity contribution in [2.75, 3.05) is 5.32 Å². The number of amides is 1. The Labute approximate surface area is 174 Å². The maximum Gasteiger partial charge on any atom is 0.412 e. The lowest BCUT2D eigenvalue weighted by Crippen LogP contribution is -2.16. The molecule has 0 aliphatic heterocycles. The first-order valence-corrected chi connectivity index (χ1v) is 9.73. The summed E-state index contributed by atoms with van der Waals surface area (Å²) in [6, 6.07) is 17.0. The molecule has 0 spiro atoms. The number of nitrogens with zero attached hydrogens (tertiary/aromatic N) is 1. The van der Waals surface area contributed by atoms with Crippen LogP contribution in [0.5, 0.6) is 0 Å². The average molecular weight is 406 g/mol. The van der Waals surface area contributed by atoms with Crippen LogP contribution in [0.4, 0.5) is 10.5 Å². The van der Waals surface area contributed by atoms with E-state index in [-0.39, 0.29) is 0 Å². The van der Waals surface area contributed by atoms with Crippen molar-refractivity contribution in [2.45, 2.75) is 38.4 Å². The summed E-state index contributed by atoms with van der Waals surface area (Å²) in [5, 5.41) is 6.73. The van der Waals surface area contributed by atoms with Crippen LogP contribution in [0.3, 0.4) is 0 Å². The number of aromatic nitrogens is 1. The van der Waals surface area contributed by atoms with Gasteiger partial charge < -0.3 is 14.0 Å². The second-order valence-electron chi connectivity index (χ2n) is 7.34. The first-order chi connectivity index (χ1) is 14.5. The number of hydrogen-bond acceptors (Lipinski definition) is 6. The highest BCUT2D eigenvalue weighted by Crippen LogP contribution is 2.49. The Balaban J connectivity index is 1.49. The molecule has 2 aromatic carbocycles. The molecule has 154 valence electrons. The molecule has 7 heteroatoms. The van der Waals surface area contributed by atoms with Crippen LogP contribution in [-0.2, 0) is 19.9 Å². The number of nitrogens with one attached hydrogen (secondary N) is 1. The van der Waals surface area contributed by atoms with Crippen molar-refractivity contribution in [3.63, 3.8) is 0 Å². The van der Waals surface area contributed by atoms with E-state index in [1.807, 2.05) is 61.5 Å². The van der Waals surface area contributed by atoms with E-state index in [1.165, 1.54) is 0 Å². The summed E-state index contributed by atoms with van der Waals surface area (Å²) in [5.74, 6) is 0.435. The van der Waals surface area contributed by atoms with Gasteiger partial charge in [-0.25, -0.2) is 4.79 Å². The van der Waals surface area contributed by atoms with Gasteiger partial charge in [-0.3, -0.25) is 10.1 Å². The lowest BCUT2D eigenvalue weighted by Gasteiger charge is -2.15. The fourth-order valence-electron chi connectivity index (χ4n) is 3.40. The Kier molecular flexibility index (Phi) is 5.27. The highest BCUT2D eigenvalue weighted by Gasteiger charge is 2.47. The first kappa shape index (κ1) is 19.7. The Bertz CT molecular complexity index is 1040. The predicted molar refractivity (Wildman–Crippen MR) is 110 cm³/mol. The van der Waals surface area contributed by atoms with Crippen LogP contribution in [0, 0.1) is 6.92 Å². The van der Waals surface area contributed by atoms with E-state index >= 15 is 0 Å². The molecule has 4 rings (SSSR count). The van der Waals surface area contributed by atoms with E-state index in [4.69, 9.17) is 14.0 Å². The summed E-state index contributed by atoms with van der Waals surface area (Å²) in [5.41, 5.74) is 3.07. The number of carbonyl (C=O) groups is 2. The molecule has 7 nitrogen and oxygen atoms in total. The summed E-state index contributed by atoms with van der Waals surface area (Å²) < 4.78 is 16.2. The highest BCUT2D eigenvalue weighted by atomic mass is 16.6. The van der Waals surface area contributed by atoms with Crippen molar-refractivity contribution in [1.29, 1.82) is 0 Å². The number of ether oxygens (including phenoxy) is 2. The SMILES string of the molecule is Cc1noc(-c2ccc(C3(OC=O)CC3)cc2)c1NC(=O)O[C@H](C)c1ccccc1. The molecular formula is C23H22N2O5. The molecule has 0 radical (unpaired) electrons. The van der Waals surface area contributed by atoms with Crippen LogP contribution in [0.1, 0.15) is 42.7 Å². The quantitative estimate of drug-likeness (QED) is 0.548. The standard InChI is InChI=1S/C23H22N2O5/c1-15-20(24-22(27)29-16(2)17-6-4-3-5-7-17)21(30-25-15)18-8-10-19(11-9-18)23(12-13-23)28-14-26/h3-11,14,16H,12-13H2,1-2H3,(H,24,27)/t16-/m1/s1. The van der Waals surface area contributed by atoms with Crippen molar-refractivity contribution >= 4 is 18.3 Å². The molecule has 1 heterocycles. The van der Waals surface area contributed by atoms with E-state index in [2.05, 4.69) is 10.5 Å². The molecule has 0 saturated heterocycles. The molecule has 1 atom stereocenters. The molecule has 0 unspecified atom stereocenters. The minimum atomic E-state index is -0.591. The fourth-order valence-corrected chi connectivity index (χ4v) is 3.40. The Hall–Kier alpha value is -3.61. The Morgan fingerprint density at radius 3 is 2.50 bits per heavy atom. The summed E-state index contributed by atoms with van der Waals surface area (Å²) in [4.78, 5) is 23.2. The molecule has 1 amide bonds. The number of carbonyl (C=O) groups excluding carboxylic acids is 2. The number of hydrogen-bond donors (Lipinski definition) is 1. The zero-order valence-corrected chi connectivity index (χ0v) is 16.8. The lowest BCUT2D eigenvalue weighted by molar-refractivity contribution is -0.136. The van der Waals surface area contributed by atoms with E-state index < -0.39 is 17.8 Å². The zero-order chi connectivity index (χ0) is 21.1. The van der Waals surface area contributed by atoms with Crippen LogP contribution < -0.4 is 5.32 Å². The molecule has 0 bridgehead atoms. The largest absolute Gasteiger partial charge is 0.456 e. The van der Waals surface area contributed by atoms with E-state index in [1.54, 1.807) is 6.92 Å². The minimum absolute atomic E-state index is 0.401. The second kappa shape index (κ2) is 8.02. The number of aryl methyl sites for hydroxylation is 1. The van der Waals surface area contributed by atoms with Gasteiger partial charge in [-0.1, -0.05) is 59.8 Å². The van der Waals surface area contributed by atoms with Gasteiger partial charge in [0.1, 0.15) is 23.1 Å². The van der Waals surface area contributed by atoms with Crippen molar-refractivity contribution in [3.8, 4) is 11.3 Å². The zero-order valence-electron chi connectivity index (χ0n) is 16.8. The predicted octanol–water partition coefficient (Wildman–Crippen LogP) is 5.12. The summed E-state index contributed by atoms with van der Waals surface area (Å²) in [6.45, 7) is 4.05. The van der Waals surface area contributed by atoms with Crippen LogP contribution in [-0.4, -0.2) is 17.7 Å². The third-order valence-electron chi connectivity index (χ3n) is 5.29. The molecule has 1 aliphatic carbocycles. The van der Waals surface area contributed by atoms with Gasteiger partial charge in [0.05, 0.1) is 0 Å². The first-order valence-electron chi connectivity index (χ1n) is 9.73. The van der Waals surface area contributed by atoms with Crippen LogP contribution >= 0.6 is 0 Å². The van der Waals surface area contributed by atoms with E-state index in [9.17, 15) is 9.59 Å². The lowest BCUT2D eigenvalue weighted by atomic mass is 10.0. The molecule has 1 aromatic heterocycles. The molecular weight excluding hydrogens is 384 g/mol. The van der Waals surface area contributed by atoms with E-state index in [0.29, 0.717) is 23.6 Å².